The predicted octanol–water partition coefficient (Wildman–Crippen LogP) is 9.90. The number of hydrogen-bond acceptors (Lipinski definition) is 8. The largest absolute Gasteiger partial charge is 0.508 e. The van der Waals surface area contributed by atoms with Crippen molar-refractivity contribution in [3.05, 3.63) is 93.8 Å². The smallest absolute Gasteiger partial charge is 0.447 e. The van der Waals surface area contributed by atoms with Crippen molar-refractivity contribution >= 4 is 88.3 Å². The van der Waals surface area contributed by atoms with Gasteiger partial charge < -0.3 is 30.2 Å². The molecule has 280 valence electrons. The van der Waals surface area contributed by atoms with Gasteiger partial charge in [0.2, 0.25) is 0 Å². The van der Waals surface area contributed by atoms with Crippen LogP contribution in [0.2, 0.25) is 0 Å². The highest BCUT2D eigenvalue weighted by Gasteiger charge is 2.30. The average Bonchev–Trinajstić information content (AvgIpc) is 3.41. The van der Waals surface area contributed by atoms with Gasteiger partial charge in [0.15, 0.2) is 0 Å². The zero-order chi connectivity index (χ0) is 38.4. The minimum Gasteiger partial charge on any atom is -0.447 e. The van der Waals surface area contributed by atoms with E-state index in [2.05, 4.69) is 137 Å². The molecule has 3 atom stereocenters. The maximum atomic E-state index is 11.5. The molecular weight excluding hydrogens is 951 g/mol. The van der Waals surface area contributed by atoms with Crippen LogP contribution in [0.25, 0.3) is 0 Å². The Morgan fingerprint density at radius 1 is 0.900 bits per heavy atom. The van der Waals surface area contributed by atoms with Crippen LogP contribution < -0.4 is 10.6 Å². The average molecular weight is 1000 g/mol. The Hall–Kier alpha value is -1.75. The molecule has 9 nitrogen and oxygen atoms in total. The molecule has 1 aliphatic rings. The van der Waals surface area contributed by atoms with Crippen LogP contribution in [0.15, 0.2) is 68.0 Å². The fourth-order valence-electron chi connectivity index (χ4n) is 3.84. The topological polar surface area (TPSA) is 132 Å². The Morgan fingerprint density at radius 2 is 1.38 bits per heavy atom. The Morgan fingerprint density at radius 3 is 1.76 bits per heavy atom. The number of rotatable bonds is 7. The first-order chi connectivity index (χ1) is 23.5. The van der Waals surface area contributed by atoms with E-state index in [9.17, 15) is 9.59 Å². The first kappa shape index (κ1) is 48.2. The van der Waals surface area contributed by atoms with Crippen LogP contribution >= 0.6 is 70.4 Å². The summed E-state index contributed by atoms with van der Waals surface area (Å²) in [5.74, 6) is 0.348. The van der Waals surface area contributed by atoms with E-state index in [-0.39, 0.29) is 31.4 Å². The van der Waals surface area contributed by atoms with E-state index in [1.165, 1.54) is 24.7 Å². The van der Waals surface area contributed by atoms with Crippen molar-refractivity contribution in [1.82, 2.24) is 0 Å². The molecule has 1 aliphatic heterocycles. The maximum Gasteiger partial charge on any atom is 0.508 e. The fourth-order valence-corrected chi connectivity index (χ4v) is 5.23. The SMILES string of the molecule is CC(N)CO.CCOC(=O)OCC.Cc1cc(CC(C)CO)ccc1Br.Cc1cc(I)ccc1Br.Cc1cc(N2C(=O)OCC2C)ccc1Br. The predicted molar refractivity (Wildman–Crippen MR) is 222 cm³/mol. The van der Waals surface area contributed by atoms with E-state index in [1.807, 2.05) is 32.0 Å². The van der Waals surface area contributed by atoms with Crippen molar-refractivity contribution in [3.63, 3.8) is 0 Å². The van der Waals surface area contributed by atoms with Crippen molar-refractivity contribution in [2.75, 3.05) is 37.9 Å². The number of nitrogens with zero attached hydrogens (tertiary/aromatic N) is 1. The number of aliphatic hydroxyl groups excluding tert-OH is 2. The molecule has 1 saturated heterocycles. The molecule has 3 aromatic carbocycles. The molecule has 1 heterocycles. The molecular formula is C37H52Br3IN2O7. The molecule has 0 spiro atoms. The quantitative estimate of drug-likeness (QED) is 0.158. The fraction of sp³-hybridized carbons (Fsp3) is 0.459. The standard InChI is InChI=1S/C11H12BrNO2.C11H15BrO.C7H6BrI.C5H10O3.C3H9NO/c1-7-5-9(3-4-10(7)12)13-8(2)6-15-11(13)14;1-8(7-13)5-10-3-4-11(12)9(2)6-10;1-5-4-6(9)2-3-7(5)8;1-3-7-5(6)8-4-2;1-3(4)2-5/h3-5,8H,6H2,1-2H3;3-4,6,8,13H,5,7H2,1-2H3;2-4H,1H3;3-4H2,1-2H3;3,5H,2,4H2,1H3. The van der Waals surface area contributed by atoms with E-state index >= 15 is 0 Å². The number of ether oxygens (including phenoxy) is 3. The van der Waals surface area contributed by atoms with Gasteiger partial charge in [-0.2, -0.15) is 0 Å². The second-order valence-corrected chi connectivity index (χ2v) is 15.3. The summed E-state index contributed by atoms with van der Waals surface area (Å²) >= 11 is 12.6. The number of nitrogens with two attached hydrogens (primary N) is 1. The lowest BCUT2D eigenvalue weighted by Crippen LogP contribution is -2.30. The van der Waals surface area contributed by atoms with Gasteiger partial charge in [-0.1, -0.05) is 66.8 Å². The number of hydrogen-bond donors (Lipinski definition) is 3. The van der Waals surface area contributed by atoms with Crippen LogP contribution in [0.5, 0.6) is 0 Å². The number of carbonyl (C=O) groups excluding carboxylic acids is 2. The molecule has 1 fully saturated rings. The zero-order valence-electron chi connectivity index (χ0n) is 30.1. The lowest BCUT2D eigenvalue weighted by Gasteiger charge is -2.18. The highest BCUT2D eigenvalue weighted by molar-refractivity contribution is 14.1. The Bertz CT molecular complexity index is 1440. The molecule has 1 amide bonds. The van der Waals surface area contributed by atoms with Gasteiger partial charge in [0.05, 0.1) is 25.9 Å². The third-order valence-electron chi connectivity index (χ3n) is 6.56. The van der Waals surface area contributed by atoms with Gasteiger partial charge in [0.1, 0.15) is 6.61 Å². The number of benzene rings is 3. The summed E-state index contributed by atoms with van der Waals surface area (Å²) < 4.78 is 18.5. The molecule has 4 rings (SSSR count). The minimum atomic E-state index is -0.588. The number of carbonyl (C=O) groups is 2. The molecule has 0 radical (unpaired) electrons. The van der Waals surface area contributed by atoms with Gasteiger partial charge >= 0.3 is 12.2 Å². The minimum absolute atomic E-state index is 0.0602. The van der Waals surface area contributed by atoms with E-state index in [1.54, 1.807) is 25.7 Å². The molecule has 0 aliphatic carbocycles. The summed E-state index contributed by atoms with van der Waals surface area (Å²) in [7, 11) is 0. The van der Waals surface area contributed by atoms with Crippen LogP contribution in [0.3, 0.4) is 0 Å². The first-order valence-electron chi connectivity index (χ1n) is 16.2. The Labute approximate surface area is 337 Å². The lowest BCUT2D eigenvalue weighted by atomic mass is 10.0. The first-order valence-corrected chi connectivity index (χ1v) is 19.6. The van der Waals surface area contributed by atoms with E-state index in [0.29, 0.717) is 25.7 Å². The number of anilines is 1. The third kappa shape index (κ3) is 20.3. The Balaban J connectivity index is 0.000000629. The summed E-state index contributed by atoms with van der Waals surface area (Å²) in [6.45, 7) is 17.0. The number of halogens is 4. The van der Waals surface area contributed by atoms with Gasteiger partial charge in [-0.05, 0) is 148 Å². The molecule has 0 saturated carbocycles. The van der Waals surface area contributed by atoms with Crippen molar-refractivity contribution in [2.45, 2.75) is 73.9 Å². The second-order valence-electron chi connectivity index (χ2n) is 11.5. The van der Waals surface area contributed by atoms with E-state index in [4.69, 9.17) is 20.7 Å². The molecule has 0 bridgehead atoms. The van der Waals surface area contributed by atoms with Crippen LogP contribution in [-0.4, -0.2) is 67.6 Å². The van der Waals surface area contributed by atoms with Crippen molar-refractivity contribution in [1.29, 1.82) is 0 Å². The van der Waals surface area contributed by atoms with Crippen molar-refractivity contribution in [3.8, 4) is 0 Å². The molecule has 0 aromatic heterocycles. The number of amides is 1. The van der Waals surface area contributed by atoms with Gasteiger partial charge in [-0.25, -0.2) is 9.59 Å². The summed E-state index contributed by atoms with van der Waals surface area (Å²) in [5.41, 5.74) is 10.9. The van der Waals surface area contributed by atoms with E-state index in [0.717, 1.165) is 26.6 Å². The molecule has 3 aromatic rings. The molecule has 4 N–H and O–H groups in total. The monoisotopic (exact) mass is 1000 g/mol. The molecule has 13 heteroatoms. The van der Waals surface area contributed by atoms with Crippen LogP contribution in [0.1, 0.15) is 56.9 Å². The maximum absolute atomic E-state index is 11.5. The highest BCUT2D eigenvalue weighted by atomic mass is 127. The lowest BCUT2D eigenvalue weighted by molar-refractivity contribution is 0.0630. The second kappa shape index (κ2) is 26.9. The van der Waals surface area contributed by atoms with E-state index < -0.39 is 6.16 Å². The number of aryl methyl sites for hydroxylation is 3. The van der Waals surface area contributed by atoms with Crippen molar-refractivity contribution in [2.24, 2.45) is 11.7 Å². The van der Waals surface area contributed by atoms with Gasteiger partial charge in [0.25, 0.3) is 0 Å². The van der Waals surface area contributed by atoms with Gasteiger partial charge in [0, 0.05) is 35.3 Å². The number of cyclic esters (lactones) is 1. The van der Waals surface area contributed by atoms with Crippen LogP contribution in [0.4, 0.5) is 15.3 Å². The summed E-state index contributed by atoms with van der Waals surface area (Å²) in [6, 6.07) is 18.5. The third-order valence-corrected chi connectivity index (χ3v) is 9.90. The molecule has 50 heavy (non-hydrogen) atoms. The van der Waals surface area contributed by atoms with Crippen molar-refractivity contribution < 1.29 is 34.0 Å². The summed E-state index contributed by atoms with van der Waals surface area (Å²) in [6.07, 6.45) is 0.101. The van der Waals surface area contributed by atoms with Gasteiger partial charge in [-0.3, -0.25) is 4.90 Å². The summed E-state index contributed by atoms with van der Waals surface area (Å²) in [5, 5.41) is 16.9. The van der Waals surface area contributed by atoms with Gasteiger partial charge in [-0.15, -0.1) is 0 Å². The number of aliphatic hydroxyl groups is 2. The molecule has 3 unspecified atom stereocenters. The zero-order valence-corrected chi connectivity index (χ0v) is 37.1. The highest BCUT2D eigenvalue weighted by Crippen LogP contribution is 2.27. The normalized spacial score (nSPS) is 14.1. The van der Waals surface area contributed by atoms with Crippen LogP contribution in [0, 0.1) is 30.3 Å². The Kier molecular flexibility index (Phi) is 26.0. The summed E-state index contributed by atoms with van der Waals surface area (Å²) in [4.78, 5) is 23.4. The van der Waals surface area contributed by atoms with Crippen LogP contribution in [-0.2, 0) is 20.6 Å².